The van der Waals surface area contributed by atoms with Crippen molar-refractivity contribution in [2.45, 2.75) is 45.1 Å². The molecule has 3 nitrogen and oxygen atoms in total. The highest BCUT2D eigenvalue weighted by Crippen LogP contribution is 2.23. The van der Waals surface area contributed by atoms with Crippen molar-refractivity contribution in [2.24, 2.45) is 11.7 Å². The van der Waals surface area contributed by atoms with Gasteiger partial charge in [0, 0.05) is 19.1 Å². The summed E-state index contributed by atoms with van der Waals surface area (Å²) in [5, 5.41) is 0. The van der Waals surface area contributed by atoms with Gasteiger partial charge >= 0.3 is 0 Å². The second-order valence-corrected chi connectivity index (χ2v) is 4.57. The van der Waals surface area contributed by atoms with Crippen LogP contribution in [0.25, 0.3) is 0 Å². The van der Waals surface area contributed by atoms with Crippen LogP contribution >= 0.6 is 0 Å². The maximum atomic E-state index is 12.3. The predicted octanol–water partition coefficient (Wildman–Crippen LogP) is 1.93. The van der Waals surface area contributed by atoms with E-state index < -0.39 is 0 Å². The summed E-state index contributed by atoms with van der Waals surface area (Å²) in [7, 11) is 0. The molecule has 3 heteroatoms. The molecule has 0 heterocycles. The molecule has 1 fully saturated rings. The minimum absolute atomic E-state index is 0.0300. The highest BCUT2D eigenvalue weighted by atomic mass is 16.2. The lowest BCUT2D eigenvalue weighted by Crippen LogP contribution is -2.43. The van der Waals surface area contributed by atoms with Crippen molar-refractivity contribution in [1.29, 1.82) is 0 Å². The summed E-state index contributed by atoms with van der Waals surface area (Å²) in [6, 6.07) is 0.0499. The van der Waals surface area contributed by atoms with E-state index in [1.54, 1.807) is 6.08 Å². The van der Waals surface area contributed by atoms with Gasteiger partial charge in [-0.25, -0.2) is 0 Å². The van der Waals surface area contributed by atoms with E-state index in [0.717, 1.165) is 25.8 Å². The van der Waals surface area contributed by atoms with Crippen LogP contribution in [-0.4, -0.2) is 29.9 Å². The van der Waals surface area contributed by atoms with Gasteiger partial charge in [0.2, 0.25) is 5.91 Å². The van der Waals surface area contributed by atoms with E-state index in [4.69, 9.17) is 5.73 Å². The Kier molecular flexibility index (Phi) is 5.53. The number of carbonyl (C=O) groups is 1. The lowest BCUT2D eigenvalue weighted by molar-refractivity contribution is -0.135. The predicted molar refractivity (Wildman–Crippen MR) is 67.0 cm³/mol. The van der Waals surface area contributed by atoms with Gasteiger partial charge in [-0.3, -0.25) is 4.79 Å². The number of hydrogen-bond acceptors (Lipinski definition) is 2. The maximum Gasteiger partial charge on any atom is 0.227 e. The van der Waals surface area contributed by atoms with Gasteiger partial charge in [0.1, 0.15) is 0 Å². The summed E-state index contributed by atoms with van der Waals surface area (Å²) in [6.45, 7) is 7.07. The zero-order valence-electron chi connectivity index (χ0n) is 10.3. The quantitative estimate of drug-likeness (QED) is 0.586. The molecule has 0 bridgehead atoms. The molecule has 0 aromatic rings. The van der Waals surface area contributed by atoms with Crippen LogP contribution in [0.1, 0.15) is 39.0 Å². The number of nitrogens with two attached hydrogens (primary N) is 1. The zero-order valence-corrected chi connectivity index (χ0v) is 10.3. The van der Waals surface area contributed by atoms with Gasteiger partial charge in [0.05, 0.1) is 5.92 Å². The molecule has 1 aliphatic rings. The summed E-state index contributed by atoms with van der Waals surface area (Å²) in [5.41, 5.74) is 6.10. The van der Waals surface area contributed by atoms with E-state index >= 15 is 0 Å². The third-order valence-electron chi connectivity index (χ3n) is 3.43. The van der Waals surface area contributed by atoms with E-state index in [1.807, 2.05) is 11.8 Å². The number of carbonyl (C=O) groups excluding carboxylic acids is 1. The van der Waals surface area contributed by atoms with Crippen LogP contribution in [0.5, 0.6) is 0 Å². The molecule has 16 heavy (non-hydrogen) atoms. The van der Waals surface area contributed by atoms with E-state index in [-0.39, 0.29) is 17.9 Å². The van der Waals surface area contributed by atoms with Crippen molar-refractivity contribution in [3.8, 4) is 0 Å². The molecule has 2 N–H and O–H groups in total. The number of hydrogen-bond donors (Lipinski definition) is 1. The number of likely N-dealkylation sites (N-methyl/N-ethyl adjacent to an activating group) is 1. The summed E-state index contributed by atoms with van der Waals surface area (Å²) < 4.78 is 0. The molecule has 2 atom stereocenters. The van der Waals surface area contributed by atoms with Crippen LogP contribution < -0.4 is 5.73 Å². The van der Waals surface area contributed by atoms with E-state index in [9.17, 15) is 4.79 Å². The van der Waals surface area contributed by atoms with Crippen molar-refractivity contribution in [3.63, 3.8) is 0 Å². The third kappa shape index (κ3) is 3.34. The Balaban J connectivity index is 2.64. The third-order valence-corrected chi connectivity index (χ3v) is 3.43. The molecule has 0 saturated heterocycles. The maximum absolute atomic E-state index is 12.3. The topological polar surface area (TPSA) is 46.3 Å². The van der Waals surface area contributed by atoms with Crippen LogP contribution in [0.15, 0.2) is 12.7 Å². The second kappa shape index (κ2) is 6.69. The summed E-state index contributed by atoms with van der Waals surface area (Å²) in [6.07, 6.45) is 7.23. The van der Waals surface area contributed by atoms with Gasteiger partial charge in [-0.05, 0) is 19.8 Å². The van der Waals surface area contributed by atoms with Gasteiger partial charge < -0.3 is 10.6 Å². The molecular formula is C13H24N2O. The fourth-order valence-electron chi connectivity index (χ4n) is 2.41. The first-order chi connectivity index (χ1) is 7.70. The number of nitrogens with zero attached hydrogens (tertiary/aromatic N) is 1. The lowest BCUT2D eigenvalue weighted by atomic mass is 9.94. The van der Waals surface area contributed by atoms with Crippen LogP contribution in [-0.2, 0) is 4.79 Å². The largest absolute Gasteiger partial charge is 0.339 e. The van der Waals surface area contributed by atoms with E-state index in [1.165, 1.54) is 12.8 Å². The first-order valence-corrected chi connectivity index (χ1v) is 6.36. The normalized spacial score (nSPS) is 25.9. The lowest BCUT2D eigenvalue weighted by Gasteiger charge is -2.27. The summed E-state index contributed by atoms with van der Waals surface area (Å²) >= 11 is 0. The SMILES string of the molecule is C=CCN(CC)C(=O)C1CCCCCC1N. The van der Waals surface area contributed by atoms with Crippen LogP contribution in [0.3, 0.4) is 0 Å². The Bertz CT molecular complexity index is 240. The van der Waals surface area contributed by atoms with Crippen LogP contribution in [0, 0.1) is 5.92 Å². The minimum atomic E-state index is 0.0300. The fraction of sp³-hybridized carbons (Fsp3) is 0.769. The Hall–Kier alpha value is -0.830. The summed E-state index contributed by atoms with van der Waals surface area (Å²) in [5.74, 6) is 0.249. The summed E-state index contributed by atoms with van der Waals surface area (Å²) in [4.78, 5) is 14.1. The molecule has 1 saturated carbocycles. The van der Waals surface area contributed by atoms with Crippen molar-refractivity contribution in [1.82, 2.24) is 4.90 Å². The molecule has 0 aliphatic heterocycles. The van der Waals surface area contributed by atoms with Crippen molar-refractivity contribution in [3.05, 3.63) is 12.7 Å². The molecule has 0 aromatic heterocycles. The molecule has 1 amide bonds. The Labute approximate surface area is 98.7 Å². The zero-order chi connectivity index (χ0) is 12.0. The molecule has 0 aromatic carbocycles. The molecule has 1 rings (SSSR count). The van der Waals surface area contributed by atoms with Crippen molar-refractivity contribution in [2.75, 3.05) is 13.1 Å². The average Bonchev–Trinajstić information content (AvgIpc) is 2.50. The van der Waals surface area contributed by atoms with Gasteiger partial charge in [0.25, 0.3) is 0 Å². The highest BCUT2D eigenvalue weighted by Gasteiger charge is 2.29. The highest BCUT2D eigenvalue weighted by molar-refractivity contribution is 5.79. The van der Waals surface area contributed by atoms with Gasteiger partial charge in [0.15, 0.2) is 0 Å². The van der Waals surface area contributed by atoms with Gasteiger partial charge in [-0.15, -0.1) is 6.58 Å². The average molecular weight is 224 g/mol. The standard InChI is InChI=1S/C13H24N2O/c1-3-10-15(4-2)13(16)11-8-6-5-7-9-12(11)14/h3,11-12H,1,4-10,14H2,2H3. The molecule has 2 unspecified atom stereocenters. The first-order valence-electron chi connectivity index (χ1n) is 6.36. The van der Waals surface area contributed by atoms with Gasteiger partial charge in [-0.1, -0.05) is 25.3 Å². The molecule has 92 valence electrons. The van der Waals surface area contributed by atoms with Gasteiger partial charge in [-0.2, -0.15) is 0 Å². The Morgan fingerprint density at radius 1 is 1.44 bits per heavy atom. The second-order valence-electron chi connectivity index (χ2n) is 4.57. The Morgan fingerprint density at radius 2 is 2.12 bits per heavy atom. The number of amides is 1. The van der Waals surface area contributed by atoms with Crippen LogP contribution in [0.2, 0.25) is 0 Å². The van der Waals surface area contributed by atoms with E-state index in [0.29, 0.717) is 6.54 Å². The smallest absolute Gasteiger partial charge is 0.227 e. The molecule has 1 aliphatic carbocycles. The first kappa shape index (κ1) is 13.2. The molecule has 0 spiro atoms. The number of rotatable bonds is 4. The fourth-order valence-corrected chi connectivity index (χ4v) is 2.41. The van der Waals surface area contributed by atoms with Crippen molar-refractivity contribution < 1.29 is 4.79 Å². The monoisotopic (exact) mass is 224 g/mol. The molecule has 0 radical (unpaired) electrons. The van der Waals surface area contributed by atoms with Crippen molar-refractivity contribution >= 4 is 5.91 Å². The minimum Gasteiger partial charge on any atom is -0.339 e. The van der Waals surface area contributed by atoms with E-state index in [2.05, 4.69) is 6.58 Å². The van der Waals surface area contributed by atoms with Crippen LogP contribution in [0.4, 0.5) is 0 Å². The molecular weight excluding hydrogens is 200 g/mol. The Morgan fingerprint density at radius 3 is 2.75 bits per heavy atom.